The maximum Gasteiger partial charge on any atom is 0.420 e. The number of hydrogen-bond donors (Lipinski definition) is 1. The zero-order chi connectivity index (χ0) is 21.1. The van der Waals surface area contributed by atoms with Gasteiger partial charge in [-0.2, -0.15) is 0 Å². The van der Waals surface area contributed by atoms with Crippen LogP contribution in [-0.2, 0) is 23.1 Å². The van der Waals surface area contributed by atoms with Gasteiger partial charge in [-0.3, -0.25) is 5.32 Å². The molecule has 0 aliphatic carbocycles. The first-order valence-electron chi connectivity index (χ1n) is 9.39. The topological polar surface area (TPSA) is 100.0 Å². The summed E-state index contributed by atoms with van der Waals surface area (Å²) in [5, 5.41) is 3.13. The summed E-state index contributed by atoms with van der Waals surface area (Å²) in [7, 11) is 4.93. The third-order valence-electron chi connectivity index (χ3n) is 4.78. The van der Waals surface area contributed by atoms with Crippen molar-refractivity contribution in [3.05, 3.63) is 24.2 Å². The van der Waals surface area contributed by atoms with Crippen molar-refractivity contribution in [2.24, 2.45) is 7.05 Å². The van der Waals surface area contributed by atoms with Crippen LogP contribution in [0.2, 0.25) is 0 Å². The third-order valence-corrected chi connectivity index (χ3v) is 5.77. The SMILES string of the molecule is COCc1ncc(OC(=O)Nc2nc3c(OC)ccc(N4CCOCC4)c3s2)n1C. The lowest BCUT2D eigenvalue weighted by atomic mass is 10.2. The number of hydrogen-bond acceptors (Lipinski definition) is 9. The molecule has 160 valence electrons. The van der Waals surface area contributed by atoms with E-state index < -0.39 is 6.09 Å². The van der Waals surface area contributed by atoms with Gasteiger partial charge < -0.3 is 28.4 Å². The van der Waals surface area contributed by atoms with Gasteiger partial charge in [-0.25, -0.2) is 14.8 Å². The zero-order valence-electron chi connectivity index (χ0n) is 17.0. The number of aromatic nitrogens is 3. The van der Waals surface area contributed by atoms with Crippen LogP contribution in [0.5, 0.6) is 11.6 Å². The van der Waals surface area contributed by atoms with Gasteiger partial charge in [0.25, 0.3) is 0 Å². The third kappa shape index (κ3) is 4.04. The van der Waals surface area contributed by atoms with Crippen molar-refractivity contribution < 1.29 is 23.7 Å². The van der Waals surface area contributed by atoms with E-state index in [2.05, 4.69) is 20.2 Å². The summed E-state index contributed by atoms with van der Waals surface area (Å²) in [4.78, 5) is 23.4. The predicted octanol–water partition coefficient (Wildman–Crippen LogP) is 2.63. The fraction of sp³-hybridized carbons (Fsp3) is 0.421. The highest BCUT2D eigenvalue weighted by molar-refractivity contribution is 7.23. The maximum atomic E-state index is 12.4. The molecule has 11 heteroatoms. The number of thiazole rings is 1. The van der Waals surface area contributed by atoms with Crippen molar-refractivity contribution in [2.75, 3.05) is 50.7 Å². The van der Waals surface area contributed by atoms with E-state index in [0.29, 0.717) is 47.9 Å². The highest BCUT2D eigenvalue weighted by Gasteiger charge is 2.20. The molecule has 2 aromatic heterocycles. The molecule has 1 aliphatic heterocycles. The molecule has 1 aromatic carbocycles. The van der Waals surface area contributed by atoms with Crippen LogP contribution in [0, 0.1) is 0 Å². The van der Waals surface area contributed by atoms with E-state index in [9.17, 15) is 4.79 Å². The van der Waals surface area contributed by atoms with E-state index in [1.807, 2.05) is 12.1 Å². The van der Waals surface area contributed by atoms with Crippen molar-refractivity contribution in [2.45, 2.75) is 6.61 Å². The lowest BCUT2D eigenvalue weighted by Crippen LogP contribution is -2.36. The monoisotopic (exact) mass is 433 g/mol. The normalized spacial score (nSPS) is 14.2. The average molecular weight is 433 g/mol. The van der Waals surface area contributed by atoms with Crippen molar-refractivity contribution in [3.63, 3.8) is 0 Å². The van der Waals surface area contributed by atoms with Gasteiger partial charge in [0.15, 0.2) is 5.13 Å². The molecule has 0 unspecified atom stereocenters. The largest absolute Gasteiger partial charge is 0.494 e. The molecule has 1 aliphatic rings. The zero-order valence-corrected chi connectivity index (χ0v) is 17.8. The Kier molecular flexibility index (Phi) is 6.02. The lowest BCUT2D eigenvalue weighted by molar-refractivity contribution is 0.123. The second kappa shape index (κ2) is 8.86. The van der Waals surface area contributed by atoms with Gasteiger partial charge in [-0.05, 0) is 12.1 Å². The van der Waals surface area contributed by atoms with E-state index >= 15 is 0 Å². The number of carbonyl (C=O) groups excluding carboxylic acids is 1. The highest BCUT2D eigenvalue weighted by Crippen LogP contribution is 2.39. The van der Waals surface area contributed by atoms with Crippen LogP contribution in [0.15, 0.2) is 18.3 Å². The molecular weight excluding hydrogens is 410 g/mol. The van der Waals surface area contributed by atoms with E-state index in [4.69, 9.17) is 18.9 Å². The van der Waals surface area contributed by atoms with Gasteiger partial charge in [0.1, 0.15) is 23.7 Å². The summed E-state index contributed by atoms with van der Waals surface area (Å²) in [5.74, 6) is 1.61. The van der Waals surface area contributed by atoms with Gasteiger partial charge in [0.2, 0.25) is 5.88 Å². The molecule has 3 heterocycles. The Balaban J connectivity index is 1.56. The maximum absolute atomic E-state index is 12.4. The Morgan fingerprint density at radius 3 is 2.83 bits per heavy atom. The van der Waals surface area contributed by atoms with Gasteiger partial charge >= 0.3 is 6.09 Å². The number of nitrogens with one attached hydrogen (secondary N) is 1. The number of morpholine rings is 1. The van der Waals surface area contributed by atoms with Crippen molar-refractivity contribution in [1.82, 2.24) is 14.5 Å². The average Bonchev–Trinajstić information content (AvgIpc) is 3.32. The van der Waals surface area contributed by atoms with Gasteiger partial charge in [-0.15, -0.1) is 0 Å². The minimum atomic E-state index is -0.645. The number of rotatable bonds is 6. The lowest BCUT2D eigenvalue weighted by Gasteiger charge is -2.29. The second-order valence-corrected chi connectivity index (χ2v) is 7.60. The molecule has 30 heavy (non-hydrogen) atoms. The fourth-order valence-electron chi connectivity index (χ4n) is 3.24. The van der Waals surface area contributed by atoms with Crippen molar-refractivity contribution in [3.8, 4) is 11.6 Å². The summed E-state index contributed by atoms with van der Waals surface area (Å²) >= 11 is 1.38. The van der Waals surface area contributed by atoms with Crippen LogP contribution in [0.1, 0.15) is 5.82 Å². The second-order valence-electron chi connectivity index (χ2n) is 6.60. The van der Waals surface area contributed by atoms with Crippen LogP contribution < -0.4 is 19.7 Å². The van der Waals surface area contributed by atoms with Crippen LogP contribution in [0.25, 0.3) is 10.2 Å². The summed E-state index contributed by atoms with van der Waals surface area (Å²) in [6.45, 7) is 3.28. The summed E-state index contributed by atoms with van der Waals surface area (Å²) in [6, 6.07) is 3.90. The van der Waals surface area contributed by atoms with Gasteiger partial charge in [-0.1, -0.05) is 11.3 Å². The van der Waals surface area contributed by atoms with Gasteiger partial charge in [0, 0.05) is 27.2 Å². The molecule has 3 aromatic rings. The molecular formula is C19H23N5O5S. The smallest absolute Gasteiger partial charge is 0.420 e. The first-order chi connectivity index (χ1) is 14.6. The standard InChI is InChI=1S/C19H23N5O5S/c1-23-14(11-26-2)20-10-15(23)29-19(25)22-18-21-16-13(27-3)5-4-12(17(16)30-18)24-6-8-28-9-7-24/h4-5,10H,6-9,11H2,1-3H3,(H,21,22,25). The molecule has 1 amide bonds. The predicted molar refractivity (Wildman–Crippen MR) is 113 cm³/mol. The number of amides is 1. The molecule has 0 saturated carbocycles. The Morgan fingerprint density at radius 1 is 1.30 bits per heavy atom. The number of fused-ring (bicyclic) bond motifs is 1. The highest BCUT2D eigenvalue weighted by atomic mass is 32.1. The van der Waals surface area contributed by atoms with Crippen LogP contribution in [0.3, 0.4) is 0 Å². The number of carbonyl (C=O) groups is 1. The van der Waals surface area contributed by atoms with E-state index in [1.165, 1.54) is 17.5 Å². The minimum Gasteiger partial charge on any atom is -0.494 e. The Morgan fingerprint density at radius 2 is 2.10 bits per heavy atom. The summed E-state index contributed by atoms with van der Waals surface area (Å²) < 4.78 is 24.0. The molecule has 1 fully saturated rings. The molecule has 0 radical (unpaired) electrons. The molecule has 0 atom stereocenters. The number of imidazole rings is 1. The number of anilines is 2. The summed E-state index contributed by atoms with van der Waals surface area (Å²) in [6.07, 6.45) is 0.833. The Labute approximate surface area is 177 Å². The number of ether oxygens (including phenoxy) is 4. The van der Waals surface area contributed by atoms with E-state index in [1.54, 1.807) is 25.8 Å². The number of nitrogens with zero attached hydrogens (tertiary/aromatic N) is 4. The molecule has 1 N–H and O–H groups in total. The van der Waals surface area contributed by atoms with E-state index in [-0.39, 0.29) is 0 Å². The Hall–Kier alpha value is -2.89. The quantitative estimate of drug-likeness (QED) is 0.633. The molecule has 10 nitrogen and oxygen atoms in total. The molecule has 1 saturated heterocycles. The number of methoxy groups -OCH3 is 2. The van der Waals surface area contributed by atoms with Crippen molar-refractivity contribution >= 4 is 38.5 Å². The van der Waals surface area contributed by atoms with Crippen LogP contribution in [-0.4, -0.2) is 61.2 Å². The minimum absolute atomic E-state index is 0.312. The van der Waals surface area contributed by atoms with Crippen LogP contribution >= 0.6 is 11.3 Å². The molecule has 0 bridgehead atoms. The molecule has 0 spiro atoms. The van der Waals surface area contributed by atoms with E-state index in [0.717, 1.165) is 23.5 Å². The Bertz CT molecular complexity index is 1040. The molecule has 4 rings (SSSR count). The number of benzene rings is 1. The fourth-order valence-corrected chi connectivity index (χ4v) is 4.25. The van der Waals surface area contributed by atoms with Crippen LogP contribution in [0.4, 0.5) is 15.6 Å². The summed E-state index contributed by atoms with van der Waals surface area (Å²) in [5.41, 5.74) is 1.74. The van der Waals surface area contributed by atoms with Gasteiger partial charge in [0.05, 0.1) is 36.9 Å². The first kappa shape index (κ1) is 20.4. The van der Waals surface area contributed by atoms with Crippen molar-refractivity contribution in [1.29, 1.82) is 0 Å². The first-order valence-corrected chi connectivity index (χ1v) is 10.2.